The normalized spacial score (nSPS) is 15.1. The number of aryl methyl sites for hydroxylation is 1. The monoisotopic (exact) mass is 381 g/mol. The van der Waals surface area contributed by atoms with Crippen molar-refractivity contribution in [2.24, 2.45) is 0 Å². The van der Waals surface area contributed by atoms with Gasteiger partial charge in [0.1, 0.15) is 6.61 Å². The van der Waals surface area contributed by atoms with E-state index in [4.69, 9.17) is 9.47 Å². The fraction of sp³-hybridized carbons (Fsp3) is 0.286. The summed E-state index contributed by atoms with van der Waals surface area (Å²) in [5.41, 5.74) is 1.93. The number of rotatable bonds is 6. The molecular formula is C21H20FN3O3. The average molecular weight is 381 g/mol. The van der Waals surface area contributed by atoms with Gasteiger partial charge in [0.2, 0.25) is 5.88 Å². The Kier molecular flexibility index (Phi) is 4.92. The third-order valence-electron chi connectivity index (χ3n) is 4.55. The maximum Gasteiger partial charge on any atom is 0.267 e. The predicted octanol–water partition coefficient (Wildman–Crippen LogP) is 2.78. The van der Waals surface area contributed by atoms with Crippen LogP contribution in [-0.2, 0) is 11.3 Å². The zero-order valence-electron chi connectivity index (χ0n) is 15.5. The molecule has 1 saturated heterocycles. The lowest BCUT2D eigenvalue weighted by molar-refractivity contribution is -0.146. The van der Waals surface area contributed by atoms with Gasteiger partial charge in [-0.05, 0) is 24.6 Å². The van der Waals surface area contributed by atoms with Gasteiger partial charge in [0.15, 0.2) is 5.67 Å². The van der Waals surface area contributed by atoms with Crippen molar-refractivity contribution >= 4 is 0 Å². The second-order valence-corrected chi connectivity index (χ2v) is 7.02. The number of nitrogens with zero attached hydrogens (tertiary/aromatic N) is 3. The van der Waals surface area contributed by atoms with Crippen LogP contribution in [0.2, 0.25) is 0 Å². The van der Waals surface area contributed by atoms with E-state index < -0.39 is 5.67 Å². The largest absolute Gasteiger partial charge is 0.474 e. The zero-order chi connectivity index (χ0) is 19.6. The molecule has 6 nitrogen and oxygen atoms in total. The number of pyridine rings is 1. The van der Waals surface area contributed by atoms with Gasteiger partial charge < -0.3 is 9.47 Å². The topological polar surface area (TPSA) is 66.2 Å². The summed E-state index contributed by atoms with van der Waals surface area (Å²) in [4.78, 5) is 16.4. The highest BCUT2D eigenvalue weighted by Crippen LogP contribution is 2.23. The molecule has 144 valence electrons. The molecule has 1 aliphatic heterocycles. The summed E-state index contributed by atoms with van der Waals surface area (Å²) in [5, 5.41) is 4.44. The highest BCUT2D eigenvalue weighted by molar-refractivity contribution is 5.57. The predicted molar refractivity (Wildman–Crippen MR) is 102 cm³/mol. The number of alkyl halides is 1. The standard InChI is InChI=1S/C21H20FN3O3/c1-15-2-4-16(5-3-15)11-25-20(26)9-7-18(24-25)17-6-8-19(23-10-17)28-14-21(22)12-27-13-21/h2-10H,11-14H2,1H3. The van der Waals surface area contributed by atoms with Gasteiger partial charge in [-0.2, -0.15) is 5.10 Å². The highest BCUT2D eigenvalue weighted by atomic mass is 19.1. The van der Waals surface area contributed by atoms with E-state index in [1.165, 1.54) is 10.7 Å². The Labute approximate surface area is 161 Å². The fourth-order valence-corrected chi connectivity index (χ4v) is 2.81. The minimum absolute atomic E-state index is 0.0531. The van der Waals surface area contributed by atoms with Crippen LogP contribution in [0.3, 0.4) is 0 Å². The summed E-state index contributed by atoms with van der Waals surface area (Å²) in [5.74, 6) is 0.334. The van der Waals surface area contributed by atoms with E-state index in [0.29, 0.717) is 18.1 Å². The number of benzene rings is 1. The van der Waals surface area contributed by atoms with Gasteiger partial charge in [-0.15, -0.1) is 0 Å². The van der Waals surface area contributed by atoms with E-state index >= 15 is 0 Å². The van der Waals surface area contributed by atoms with Gasteiger partial charge in [0.25, 0.3) is 5.56 Å². The van der Waals surface area contributed by atoms with Crippen molar-refractivity contribution in [1.29, 1.82) is 0 Å². The first kappa shape index (κ1) is 18.3. The molecule has 2 aromatic heterocycles. The van der Waals surface area contributed by atoms with E-state index in [9.17, 15) is 9.18 Å². The molecule has 0 aliphatic carbocycles. The third kappa shape index (κ3) is 4.09. The molecule has 0 radical (unpaired) electrons. The lowest BCUT2D eigenvalue weighted by Gasteiger charge is -2.32. The molecule has 3 aromatic rings. The summed E-state index contributed by atoms with van der Waals surface area (Å²) in [6.07, 6.45) is 1.60. The van der Waals surface area contributed by atoms with Gasteiger partial charge >= 0.3 is 0 Å². The van der Waals surface area contributed by atoms with E-state index in [0.717, 1.165) is 16.7 Å². The molecule has 0 saturated carbocycles. The summed E-state index contributed by atoms with van der Waals surface area (Å²) < 4.78 is 25.6. The Balaban J connectivity index is 1.49. The van der Waals surface area contributed by atoms with Crippen LogP contribution in [0.4, 0.5) is 4.39 Å². The molecule has 28 heavy (non-hydrogen) atoms. The quantitative estimate of drug-likeness (QED) is 0.657. The molecular weight excluding hydrogens is 361 g/mol. The first-order valence-corrected chi connectivity index (χ1v) is 9.00. The Morgan fingerprint density at radius 2 is 1.93 bits per heavy atom. The van der Waals surface area contributed by atoms with Crippen LogP contribution in [0.1, 0.15) is 11.1 Å². The van der Waals surface area contributed by atoms with Crippen LogP contribution in [-0.4, -0.2) is 40.3 Å². The van der Waals surface area contributed by atoms with E-state index in [1.54, 1.807) is 24.4 Å². The van der Waals surface area contributed by atoms with Crippen LogP contribution in [0.15, 0.2) is 59.5 Å². The van der Waals surface area contributed by atoms with Gasteiger partial charge in [-0.3, -0.25) is 4.79 Å². The van der Waals surface area contributed by atoms with Crippen LogP contribution < -0.4 is 10.3 Å². The number of hydrogen-bond acceptors (Lipinski definition) is 5. The smallest absolute Gasteiger partial charge is 0.267 e. The fourth-order valence-electron chi connectivity index (χ4n) is 2.81. The summed E-state index contributed by atoms with van der Waals surface area (Å²) in [6.45, 7) is 2.43. The summed E-state index contributed by atoms with van der Waals surface area (Å²) >= 11 is 0. The van der Waals surface area contributed by atoms with Gasteiger partial charge in [0, 0.05) is 23.9 Å². The molecule has 0 unspecified atom stereocenters. The Morgan fingerprint density at radius 1 is 1.14 bits per heavy atom. The van der Waals surface area contributed by atoms with Crippen LogP contribution in [0, 0.1) is 6.92 Å². The molecule has 0 atom stereocenters. The Hall–Kier alpha value is -3.06. The second kappa shape index (κ2) is 7.52. The molecule has 3 heterocycles. The molecule has 1 aliphatic rings. The van der Waals surface area contributed by atoms with E-state index in [2.05, 4.69) is 10.1 Å². The van der Waals surface area contributed by atoms with Crippen molar-refractivity contribution in [3.63, 3.8) is 0 Å². The van der Waals surface area contributed by atoms with Crippen molar-refractivity contribution in [3.8, 4) is 17.1 Å². The summed E-state index contributed by atoms with van der Waals surface area (Å²) in [6, 6.07) is 14.6. The minimum atomic E-state index is -1.42. The average Bonchev–Trinajstić information content (AvgIpc) is 2.69. The molecule has 0 bridgehead atoms. The SMILES string of the molecule is Cc1ccc(Cn2nc(-c3ccc(OCC4(F)COC4)nc3)ccc2=O)cc1. The lowest BCUT2D eigenvalue weighted by atomic mass is 10.1. The van der Waals surface area contributed by atoms with Gasteiger partial charge in [-0.25, -0.2) is 14.1 Å². The van der Waals surface area contributed by atoms with Crippen molar-refractivity contribution < 1.29 is 13.9 Å². The summed E-state index contributed by atoms with van der Waals surface area (Å²) in [7, 11) is 0. The molecule has 0 N–H and O–H groups in total. The van der Waals surface area contributed by atoms with Crippen molar-refractivity contribution in [1.82, 2.24) is 14.8 Å². The Bertz CT molecular complexity index is 1010. The van der Waals surface area contributed by atoms with E-state index in [1.807, 2.05) is 31.2 Å². The van der Waals surface area contributed by atoms with Crippen LogP contribution in [0.25, 0.3) is 11.3 Å². The van der Waals surface area contributed by atoms with Crippen molar-refractivity contribution in [2.75, 3.05) is 19.8 Å². The molecule has 7 heteroatoms. The second-order valence-electron chi connectivity index (χ2n) is 7.02. The van der Waals surface area contributed by atoms with Crippen molar-refractivity contribution in [3.05, 3.63) is 76.2 Å². The molecule has 1 aromatic carbocycles. The number of halogens is 1. The molecule has 1 fully saturated rings. The first-order valence-electron chi connectivity index (χ1n) is 9.00. The molecule has 0 spiro atoms. The zero-order valence-corrected chi connectivity index (χ0v) is 15.5. The van der Waals surface area contributed by atoms with Crippen molar-refractivity contribution in [2.45, 2.75) is 19.1 Å². The number of ether oxygens (including phenoxy) is 2. The third-order valence-corrected chi connectivity index (χ3v) is 4.55. The number of aromatic nitrogens is 3. The maximum absolute atomic E-state index is 13.9. The molecule has 4 rings (SSSR count). The Morgan fingerprint density at radius 3 is 2.57 bits per heavy atom. The maximum atomic E-state index is 13.9. The molecule has 0 amide bonds. The van der Waals surface area contributed by atoms with E-state index in [-0.39, 0.29) is 25.4 Å². The minimum Gasteiger partial charge on any atom is -0.474 e. The van der Waals surface area contributed by atoms with Crippen LogP contribution in [0.5, 0.6) is 5.88 Å². The van der Waals surface area contributed by atoms with Crippen LogP contribution >= 0.6 is 0 Å². The number of hydrogen-bond donors (Lipinski definition) is 0. The first-order chi connectivity index (χ1) is 13.5. The highest BCUT2D eigenvalue weighted by Gasteiger charge is 2.39. The van der Waals surface area contributed by atoms with Gasteiger partial charge in [0.05, 0.1) is 25.5 Å². The van der Waals surface area contributed by atoms with Gasteiger partial charge in [-0.1, -0.05) is 29.8 Å². The lowest BCUT2D eigenvalue weighted by Crippen LogP contribution is -2.50.